The molecule has 0 saturated carbocycles. The molecule has 1 fully saturated rings. The number of nitrogens with one attached hydrogen (secondary N) is 2. The zero-order valence-electron chi connectivity index (χ0n) is 16.1. The van der Waals surface area contributed by atoms with Gasteiger partial charge in [0.05, 0.1) is 38.0 Å². The van der Waals surface area contributed by atoms with Crippen molar-refractivity contribution < 1.29 is 14.1 Å². The van der Waals surface area contributed by atoms with Crippen LogP contribution in [0.2, 0.25) is 0 Å². The molecule has 0 spiro atoms. The van der Waals surface area contributed by atoms with Crippen LogP contribution in [0, 0.1) is 13.8 Å². The largest absolute Gasteiger partial charge is 0.467 e. The second-order valence-electron chi connectivity index (χ2n) is 7.18. The number of furan rings is 1. The summed E-state index contributed by atoms with van der Waals surface area (Å²) in [6.45, 7) is 11.1. The summed E-state index contributed by atoms with van der Waals surface area (Å²) in [6, 6.07) is 3.86. The molecule has 1 saturated heterocycles. The van der Waals surface area contributed by atoms with Crippen LogP contribution < -0.4 is 10.2 Å². The zero-order valence-corrected chi connectivity index (χ0v) is 16.1. The fourth-order valence-corrected chi connectivity index (χ4v) is 3.86. The number of hydrogen-bond donors (Lipinski definition) is 2. The van der Waals surface area contributed by atoms with Gasteiger partial charge in [-0.2, -0.15) is 0 Å². The first kappa shape index (κ1) is 18.0. The predicted octanol–water partition coefficient (Wildman–Crippen LogP) is 1.56. The third kappa shape index (κ3) is 3.84. The fourth-order valence-electron chi connectivity index (χ4n) is 3.86. The van der Waals surface area contributed by atoms with E-state index in [0.717, 1.165) is 61.9 Å². The highest BCUT2D eigenvalue weighted by atomic mass is 16.5. The summed E-state index contributed by atoms with van der Waals surface area (Å²) in [5.41, 5.74) is 3.52. The molecular weight excluding hydrogens is 342 g/mol. The van der Waals surface area contributed by atoms with E-state index < -0.39 is 0 Å². The molecular formula is C20H28N5O2+. The van der Waals surface area contributed by atoms with Gasteiger partial charge in [0.25, 0.3) is 0 Å². The van der Waals surface area contributed by atoms with Gasteiger partial charge in [-0.05, 0) is 31.5 Å². The number of quaternary nitrogens is 1. The second-order valence-corrected chi connectivity index (χ2v) is 7.18. The van der Waals surface area contributed by atoms with Crippen LogP contribution in [-0.2, 0) is 17.8 Å². The van der Waals surface area contributed by atoms with Gasteiger partial charge in [0.15, 0.2) is 0 Å². The van der Waals surface area contributed by atoms with E-state index in [0.29, 0.717) is 6.54 Å². The Labute approximate surface area is 159 Å². The van der Waals surface area contributed by atoms with Gasteiger partial charge < -0.3 is 23.9 Å². The van der Waals surface area contributed by atoms with E-state index in [9.17, 15) is 0 Å². The van der Waals surface area contributed by atoms with Crippen LogP contribution in [0.5, 0.6) is 0 Å². The van der Waals surface area contributed by atoms with Crippen molar-refractivity contribution in [3.63, 3.8) is 0 Å². The van der Waals surface area contributed by atoms with E-state index in [1.54, 1.807) is 17.5 Å². The van der Waals surface area contributed by atoms with E-state index in [4.69, 9.17) is 9.15 Å². The standard InChI is InChI=1S/C20H27N5O2/c1-15-16(2)25(7-4-6-24-8-11-26-12-9-24)20-18(15)19(22-14-23-20)21-13-17-5-3-10-27-17/h3,5,10,14H,4,6-9,11-13H2,1-2H3,(H,21,22,23)/p+1. The number of anilines is 1. The van der Waals surface area contributed by atoms with Gasteiger partial charge in [0, 0.05) is 18.7 Å². The smallest absolute Gasteiger partial charge is 0.145 e. The Kier molecular flexibility index (Phi) is 5.40. The Morgan fingerprint density at radius 2 is 2.07 bits per heavy atom. The van der Waals surface area contributed by atoms with Crippen LogP contribution in [0.25, 0.3) is 11.0 Å². The van der Waals surface area contributed by atoms with Crippen molar-refractivity contribution in [3.05, 3.63) is 41.7 Å². The maximum atomic E-state index is 5.45. The lowest BCUT2D eigenvalue weighted by Gasteiger charge is -2.23. The maximum Gasteiger partial charge on any atom is 0.145 e. The van der Waals surface area contributed by atoms with Gasteiger partial charge in [-0.15, -0.1) is 0 Å². The number of rotatable bonds is 7. The lowest BCUT2D eigenvalue weighted by atomic mass is 10.2. The average Bonchev–Trinajstić information content (AvgIpc) is 3.30. The van der Waals surface area contributed by atoms with Gasteiger partial charge in [-0.3, -0.25) is 0 Å². The molecule has 0 unspecified atom stereocenters. The molecule has 27 heavy (non-hydrogen) atoms. The molecule has 3 aromatic rings. The summed E-state index contributed by atoms with van der Waals surface area (Å²) >= 11 is 0. The summed E-state index contributed by atoms with van der Waals surface area (Å²) in [4.78, 5) is 10.7. The average molecular weight is 370 g/mol. The van der Waals surface area contributed by atoms with E-state index in [2.05, 4.69) is 33.7 Å². The minimum Gasteiger partial charge on any atom is -0.467 e. The summed E-state index contributed by atoms with van der Waals surface area (Å²) in [5, 5.41) is 4.51. The SMILES string of the molecule is Cc1c(C)n(CCC[NH+]2CCOCC2)c2ncnc(NCc3ccco3)c12. The molecule has 1 aliphatic heterocycles. The third-order valence-electron chi connectivity index (χ3n) is 5.53. The van der Waals surface area contributed by atoms with Gasteiger partial charge in [0.1, 0.15) is 36.6 Å². The van der Waals surface area contributed by atoms with Crippen LogP contribution in [0.1, 0.15) is 23.4 Å². The van der Waals surface area contributed by atoms with Crippen molar-refractivity contribution in [1.82, 2.24) is 14.5 Å². The number of aromatic nitrogens is 3. The summed E-state index contributed by atoms with van der Waals surface area (Å²) < 4.78 is 13.2. The molecule has 4 rings (SSSR count). The molecule has 7 heteroatoms. The third-order valence-corrected chi connectivity index (χ3v) is 5.53. The van der Waals surface area contributed by atoms with Gasteiger partial charge in [-0.1, -0.05) is 0 Å². The highest BCUT2D eigenvalue weighted by molar-refractivity contribution is 5.91. The molecule has 4 heterocycles. The molecule has 7 nitrogen and oxygen atoms in total. The van der Waals surface area contributed by atoms with Crippen LogP contribution in [0.15, 0.2) is 29.1 Å². The highest BCUT2D eigenvalue weighted by Crippen LogP contribution is 2.29. The Morgan fingerprint density at radius 1 is 1.22 bits per heavy atom. The number of ether oxygens (including phenoxy) is 1. The van der Waals surface area contributed by atoms with E-state index in [1.165, 1.54) is 17.8 Å². The first-order chi connectivity index (χ1) is 13.2. The fraction of sp³-hybridized carbons (Fsp3) is 0.500. The first-order valence-electron chi connectivity index (χ1n) is 9.72. The molecule has 144 valence electrons. The minimum absolute atomic E-state index is 0.614. The maximum absolute atomic E-state index is 5.45. The van der Waals surface area contributed by atoms with Gasteiger partial charge >= 0.3 is 0 Å². The van der Waals surface area contributed by atoms with Crippen molar-refractivity contribution >= 4 is 16.9 Å². The number of aryl methyl sites for hydroxylation is 2. The van der Waals surface area contributed by atoms with Crippen molar-refractivity contribution in [2.24, 2.45) is 0 Å². The Hall–Kier alpha value is -2.38. The lowest BCUT2D eigenvalue weighted by Crippen LogP contribution is -3.14. The molecule has 0 radical (unpaired) electrons. The molecule has 2 N–H and O–H groups in total. The molecule has 0 atom stereocenters. The quantitative estimate of drug-likeness (QED) is 0.661. The Morgan fingerprint density at radius 3 is 2.85 bits per heavy atom. The highest BCUT2D eigenvalue weighted by Gasteiger charge is 2.18. The summed E-state index contributed by atoms with van der Waals surface area (Å²) in [6.07, 6.45) is 4.48. The van der Waals surface area contributed by atoms with Crippen LogP contribution in [0.3, 0.4) is 0 Å². The number of hydrogen-bond acceptors (Lipinski definition) is 5. The van der Waals surface area contributed by atoms with E-state index in [-0.39, 0.29) is 0 Å². The second kappa shape index (κ2) is 8.10. The van der Waals surface area contributed by atoms with Crippen molar-refractivity contribution in [2.75, 3.05) is 38.2 Å². The monoisotopic (exact) mass is 370 g/mol. The van der Waals surface area contributed by atoms with Crippen molar-refractivity contribution in [2.45, 2.75) is 33.4 Å². The van der Waals surface area contributed by atoms with Gasteiger partial charge in [-0.25, -0.2) is 9.97 Å². The lowest BCUT2D eigenvalue weighted by molar-refractivity contribution is -0.908. The predicted molar refractivity (Wildman–Crippen MR) is 104 cm³/mol. The van der Waals surface area contributed by atoms with Gasteiger partial charge in [0.2, 0.25) is 0 Å². The van der Waals surface area contributed by atoms with E-state index in [1.807, 2.05) is 12.1 Å². The molecule has 0 bridgehead atoms. The number of morpholine rings is 1. The molecule has 3 aromatic heterocycles. The summed E-state index contributed by atoms with van der Waals surface area (Å²) in [5.74, 6) is 1.76. The number of nitrogens with zero attached hydrogens (tertiary/aromatic N) is 3. The molecule has 0 aliphatic carbocycles. The minimum atomic E-state index is 0.614. The molecule has 1 aliphatic rings. The summed E-state index contributed by atoms with van der Waals surface area (Å²) in [7, 11) is 0. The topological polar surface area (TPSA) is 69.6 Å². The van der Waals surface area contributed by atoms with Crippen LogP contribution in [-0.4, -0.2) is 47.4 Å². The van der Waals surface area contributed by atoms with Crippen molar-refractivity contribution in [3.8, 4) is 0 Å². The van der Waals surface area contributed by atoms with E-state index >= 15 is 0 Å². The van der Waals surface area contributed by atoms with Crippen molar-refractivity contribution in [1.29, 1.82) is 0 Å². The molecule has 0 amide bonds. The Balaban J connectivity index is 1.50. The van der Waals surface area contributed by atoms with Crippen LogP contribution >= 0.6 is 0 Å². The normalized spacial score (nSPS) is 15.5. The zero-order chi connectivity index (χ0) is 18.6. The first-order valence-corrected chi connectivity index (χ1v) is 9.72. The number of fused-ring (bicyclic) bond motifs is 1. The Bertz CT molecular complexity index is 882. The van der Waals surface area contributed by atoms with Crippen LogP contribution in [0.4, 0.5) is 5.82 Å². The molecule has 0 aromatic carbocycles.